The number of hydrogen-bond acceptors (Lipinski definition) is 5. The zero-order chi connectivity index (χ0) is 23.9. The minimum absolute atomic E-state index is 0.129. The standard InChI is InChI=1S/C26H31N5O3/c1-26(2,3)34-25(33)31-16-19(17-31)24(32)30-13-11-29(12-14-30)20-8-6-7-18(15-20)23-27-21-9-4-5-10-22(21)28-23/h4-10,15,19H,11-14,16-17H2,1-3H3,(H,27,28). The van der Waals surface area contributed by atoms with E-state index in [9.17, 15) is 9.59 Å². The number of carbonyl (C=O) groups excluding carboxylic acids is 2. The molecule has 0 bridgehead atoms. The molecule has 2 amide bonds. The lowest BCUT2D eigenvalue weighted by molar-refractivity contribution is -0.140. The molecule has 1 N–H and O–H groups in total. The molecule has 8 heteroatoms. The van der Waals surface area contributed by atoms with E-state index in [0.29, 0.717) is 26.2 Å². The summed E-state index contributed by atoms with van der Waals surface area (Å²) in [6, 6.07) is 16.4. The molecule has 0 atom stereocenters. The Bertz CT molecular complexity index is 1170. The molecule has 0 spiro atoms. The van der Waals surface area contributed by atoms with E-state index >= 15 is 0 Å². The lowest BCUT2D eigenvalue weighted by atomic mass is 9.98. The Kier molecular flexibility index (Phi) is 5.67. The maximum absolute atomic E-state index is 12.9. The van der Waals surface area contributed by atoms with Crippen molar-refractivity contribution in [3.05, 3.63) is 48.5 Å². The monoisotopic (exact) mass is 461 g/mol. The van der Waals surface area contributed by atoms with Crippen molar-refractivity contribution in [2.75, 3.05) is 44.2 Å². The Hall–Kier alpha value is -3.55. The number of ether oxygens (including phenoxy) is 1. The van der Waals surface area contributed by atoms with E-state index in [1.807, 2.05) is 49.9 Å². The van der Waals surface area contributed by atoms with Crippen LogP contribution in [-0.2, 0) is 9.53 Å². The Morgan fingerprint density at radius 1 is 0.971 bits per heavy atom. The molecule has 0 aliphatic carbocycles. The Labute approximate surface area is 199 Å². The summed E-state index contributed by atoms with van der Waals surface area (Å²) < 4.78 is 5.39. The second-order valence-corrected chi connectivity index (χ2v) is 10.0. The fourth-order valence-electron chi connectivity index (χ4n) is 4.49. The number of aromatic nitrogens is 2. The first-order valence-electron chi connectivity index (χ1n) is 11.8. The third-order valence-electron chi connectivity index (χ3n) is 6.35. The van der Waals surface area contributed by atoms with Gasteiger partial charge in [0.05, 0.1) is 17.0 Å². The van der Waals surface area contributed by atoms with Gasteiger partial charge < -0.3 is 24.4 Å². The number of aromatic amines is 1. The molecule has 3 heterocycles. The van der Waals surface area contributed by atoms with Gasteiger partial charge in [-0.2, -0.15) is 0 Å². The van der Waals surface area contributed by atoms with Crippen molar-refractivity contribution in [2.45, 2.75) is 26.4 Å². The number of hydrogen-bond donors (Lipinski definition) is 1. The van der Waals surface area contributed by atoms with Crippen LogP contribution in [0.25, 0.3) is 22.4 Å². The van der Waals surface area contributed by atoms with E-state index in [0.717, 1.165) is 41.2 Å². The molecule has 5 rings (SSSR count). The van der Waals surface area contributed by atoms with E-state index in [1.54, 1.807) is 4.90 Å². The van der Waals surface area contributed by atoms with Crippen LogP contribution in [0.3, 0.4) is 0 Å². The average Bonchev–Trinajstić information content (AvgIpc) is 3.21. The van der Waals surface area contributed by atoms with Gasteiger partial charge in [0.25, 0.3) is 0 Å². The molecule has 34 heavy (non-hydrogen) atoms. The van der Waals surface area contributed by atoms with Crippen LogP contribution >= 0.6 is 0 Å². The van der Waals surface area contributed by atoms with Crippen molar-refractivity contribution in [2.24, 2.45) is 5.92 Å². The summed E-state index contributed by atoms with van der Waals surface area (Å²) in [5, 5.41) is 0. The third kappa shape index (κ3) is 4.58. The van der Waals surface area contributed by atoms with Crippen molar-refractivity contribution in [3.8, 4) is 11.4 Å². The number of likely N-dealkylation sites (tertiary alicyclic amines) is 1. The van der Waals surface area contributed by atoms with Gasteiger partial charge in [0, 0.05) is 50.5 Å². The van der Waals surface area contributed by atoms with E-state index < -0.39 is 5.60 Å². The van der Waals surface area contributed by atoms with Crippen LogP contribution in [0.5, 0.6) is 0 Å². The number of para-hydroxylation sites is 2. The summed E-state index contributed by atoms with van der Waals surface area (Å²) in [6.07, 6.45) is -0.342. The Morgan fingerprint density at radius 2 is 1.71 bits per heavy atom. The molecule has 3 aromatic rings. The molecule has 8 nitrogen and oxygen atoms in total. The number of H-pyrrole nitrogens is 1. The topological polar surface area (TPSA) is 81.8 Å². The van der Waals surface area contributed by atoms with Gasteiger partial charge in [0.1, 0.15) is 11.4 Å². The number of fused-ring (bicyclic) bond motifs is 1. The van der Waals surface area contributed by atoms with Gasteiger partial charge >= 0.3 is 6.09 Å². The van der Waals surface area contributed by atoms with Crippen LogP contribution in [-0.4, -0.2) is 76.6 Å². The highest BCUT2D eigenvalue weighted by molar-refractivity contribution is 5.83. The van der Waals surface area contributed by atoms with E-state index in [1.165, 1.54) is 0 Å². The number of nitrogens with zero attached hydrogens (tertiary/aromatic N) is 4. The molecule has 2 aliphatic heterocycles. The first-order valence-corrected chi connectivity index (χ1v) is 11.8. The fraction of sp³-hybridized carbons (Fsp3) is 0.423. The number of benzene rings is 2. The maximum Gasteiger partial charge on any atom is 0.410 e. The molecular formula is C26H31N5O3. The highest BCUT2D eigenvalue weighted by atomic mass is 16.6. The number of nitrogens with one attached hydrogen (secondary N) is 1. The average molecular weight is 462 g/mol. The van der Waals surface area contributed by atoms with E-state index in [-0.39, 0.29) is 17.9 Å². The molecule has 1 aromatic heterocycles. The van der Waals surface area contributed by atoms with Gasteiger partial charge in [0.2, 0.25) is 5.91 Å². The van der Waals surface area contributed by atoms with Gasteiger partial charge in [-0.05, 0) is 45.0 Å². The van der Waals surface area contributed by atoms with Crippen molar-refractivity contribution in [3.63, 3.8) is 0 Å². The molecule has 0 radical (unpaired) electrons. The minimum atomic E-state index is -0.524. The summed E-state index contributed by atoms with van der Waals surface area (Å²) in [5.74, 6) is 0.863. The second-order valence-electron chi connectivity index (χ2n) is 10.0. The molecule has 2 aromatic carbocycles. The van der Waals surface area contributed by atoms with Crippen LogP contribution in [0.1, 0.15) is 20.8 Å². The SMILES string of the molecule is CC(C)(C)OC(=O)N1CC(C(=O)N2CCN(c3cccc(-c4nc5ccccc5[nH]4)c3)CC2)C1. The minimum Gasteiger partial charge on any atom is -0.444 e. The molecule has 2 fully saturated rings. The van der Waals surface area contributed by atoms with Crippen LogP contribution in [0.15, 0.2) is 48.5 Å². The number of carbonyl (C=O) groups is 2. The van der Waals surface area contributed by atoms with Crippen LogP contribution in [0.2, 0.25) is 0 Å². The van der Waals surface area contributed by atoms with Gasteiger partial charge in [-0.15, -0.1) is 0 Å². The summed E-state index contributed by atoms with van der Waals surface area (Å²) in [4.78, 5) is 39.0. The smallest absolute Gasteiger partial charge is 0.410 e. The number of amides is 2. The first-order chi connectivity index (χ1) is 16.3. The fourth-order valence-corrected chi connectivity index (χ4v) is 4.49. The molecular weight excluding hydrogens is 430 g/mol. The molecule has 0 saturated carbocycles. The van der Waals surface area contributed by atoms with Crippen LogP contribution < -0.4 is 4.90 Å². The normalized spacial score (nSPS) is 17.1. The Balaban J connectivity index is 1.16. The maximum atomic E-state index is 12.9. The summed E-state index contributed by atoms with van der Waals surface area (Å²) >= 11 is 0. The number of rotatable bonds is 3. The molecule has 0 unspecified atom stereocenters. The summed E-state index contributed by atoms with van der Waals surface area (Å²) in [5.41, 5.74) is 3.63. The van der Waals surface area contributed by atoms with Crippen molar-refractivity contribution in [1.29, 1.82) is 0 Å². The molecule has 2 aliphatic rings. The van der Waals surface area contributed by atoms with Gasteiger partial charge in [-0.1, -0.05) is 24.3 Å². The van der Waals surface area contributed by atoms with Crippen molar-refractivity contribution in [1.82, 2.24) is 19.8 Å². The lowest BCUT2D eigenvalue weighted by Crippen LogP contribution is -2.59. The van der Waals surface area contributed by atoms with Crippen LogP contribution in [0, 0.1) is 5.92 Å². The van der Waals surface area contributed by atoms with Gasteiger partial charge in [-0.25, -0.2) is 9.78 Å². The zero-order valence-corrected chi connectivity index (χ0v) is 20.0. The lowest BCUT2D eigenvalue weighted by Gasteiger charge is -2.43. The van der Waals surface area contributed by atoms with E-state index in [2.05, 4.69) is 34.1 Å². The predicted molar refractivity (Wildman–Crippen MR) is 132 cm³/mol. The third-order valence-corrected chi connectivity index (χ3v) is 6.35. The highest BCUT2D eigenvalue weighted by Crippen LogP contribution is 2.27. The number of piperazine rings is 1. The van der Waals surface area contributed by atoms with Gasteiger partial charge in [0.15, 0.2) is 0 Å². The second kappa shape index (κ2) is 8.66. The van der Waals surface area contributed by atoms with Crippen molar-refractivity contribution >= 4 is 28.7 Å². The molecule has 2 saturated heterocycles. The summed E-state index contributed by atoms with van der Waals surface area (Å²) in [7, 11) is 0. The van der Waals surface area contributed by atoms with Crippen LogP contribution in [0.4, 0.5) is 10.5 Å². The first kappa shape index (κ1) is 22.3. The van der Waals surface area contributed by atoms with Gasteiger partial charge in [-0.3, -0.25) is 4.79 Å². The summed E-state index contributed by atoms with van der Waals surface area (Å²) in [6.45, 7) is 9.32. The Morgan fingerprint density at radius 3 is 2.41 bits per heavy atom. The predicted octanol–water partition coefficient (Wildman–Crippen LogP) is 3.75. The zero-order valence-electron chi connectivity index (χ0n) is 20.0. The number of anilines is 1. The molecule has 178 valence electrons. The van der Waals surface area contributed by atoms with Crippen molar-refractivity contribution < 1.29 is 14.3 Å². The largest absolute Gasteiger partial charge is 0.444 e. The highest BCUT2D eigenvalue weighted by Gasteiger charge is 2.40. The number of imidazole rings is 1. The quantitative estimate of drug-likeness (QED) is 0.643. The van der Waals surface area contributed by atoms with E-state index in [4.69, 9.17) is 9.72 Å².